The molecule has 2 heterocycles. The van der Waals surface area contributed by atoms with Crippen LogP contribution < -0.4 is 10.6 Å². The topological polar surface area (TPSA) is 74.0 Å². The third-order valence-corrected chi connectivity index (χ3v) is 5.46. The minimum atomic E-state index is -0.473. The van der Waals surface area contributed by atoms with Crippen molar-refractivity contribution in [2.24, 2.45) is 0 Å². The van der Waals surface area contributed by atoms with E-state index in [2.05, 4.69) is 15.6 Å². The average molecular weight is 426 g/mol. The third-order valence-electron chi connectivity index (χ3n) is 5.20. The van der Waals surface area contributed by atoms with Gasteiger partial charge in [0.2, 0.25) is 11.8 Å². The molecule has 4 rings (SSSR count). The van der Waals surface area contributed by atoms with Crippen LogP contribution in [0.4, 0.5) is 4.39 Å². The van der Waals surface area contributed by atoms with E-state index in [4.69, 9.17) is 11.6 Å². The van der Waals surface area contributed by atoms with Gasteiger partial charge in [0.05, 0.1) is 5.69 Å². The van der Waals surface area contributed by atoms with Crippen LogP contribution in [0.25, 0.3) is 22.5 Å². The molecule has 0 radical (unpaired) electrons. The molecular formula is C23H21ClFN3O2. The van der Waals surface area contributed by atoms with E-state index in [1.54, 1.807) is 30.3 Å². The second kappa shape index (κ2) is 8.71. The summed E-state index contributed by atoms with van der Waals surface area (Å²) in [6.45, 7) is 0.573. The zero-order valence-electron chi connectivity index (χ0n) is 16.2. The molecule has 2 amide bonds. The Morgan fingerprint density at radius 1 is 1.17 bits per heavy atom. The van der Waals surface area contributed by atoms with Gasteiger partial charge in [-0.2, -0.15) is 0 Å². The maximum atomic E-state index is 14.5. The second-order valence-corrected chi connectivity index (χ2v) is 7.71. The van der Waals surface area contributed by atoms with Gasteiger partial charge in [-0.05, 0) is 54.3 Å². The summed E-state index contributed by atoms with van der Waals surface area (Å²) in [5, 5.41) is 6.10. The SMILES string of the molecule is O=C(CCc1cc(-c2ccc(Cl)cc2)[nH]c1-c1ccccc1F)NC1CCNC1=O. The highest BCUT2D eigenvalue weighted by Crippen LogP contribution is 2.31. The van der Waals surface area contributed by atoms with E-state index in [1.807, 2.05) is 18.2 Å². The molecule has 0 spiro atoms. The minimum absolute atomic E-state index is 0.151. The molecule has 2 aromatic carbocycles. The number of aryl methyl sites for hydroxylation is 1. The predicted molar refractivity (Wildman–Crippen MR) is 115 cm³/mol. The van der Waals surface area contributed by atoms with Crippen LogP contribution in [0.3, 0.4) is 0 Å². The molecule has 3 N–H and O–H groups in total. The predicted octanol–water partition coefficient (Wildman–Crippen LogP) is 4.08. The Kier molecular flexibility index (Phi) is 5.86. The summed E-state index contributed by atoms with van der Waals surface area (Å²) in [4.78, 5) is 27.3. The highest BCUT2D eigenvalue weighted by atomic mass is 35.5. The van der Waals surface area contributed by atoms with Gasteiger partial charge in [-0.25, -0.2) is 4.39 Å². The molecule has 1 atom stereocenters. The molecule has 1 fully saturated rings. The molecule has 0 aliphatic carbocycles. The number of aromatic amines is 1. The van der Waals surface area contributed by atoms with E-state index in [0.717, 1.165) is 16.8 Å². The van der Waals surface area contributed by atoms with Crippen molar-refractivity contribution in [3.8, 4) is 22.5 Å². The number of carbonyl (C=O) groups excluding carboxylic acids is 2. The van der Waals surface area contributed by atoms with Gasteiger partial charge in [-0.15, -0.1) is 0 Å². The molecule has 154 valence electrons. The molecule has 30 heavy (non-hydrogen) atoms. The molecule has 1 unspecified atom stereocenters. The Bertz CT molecular complexity index is 1080. The van der Waals surface area contributed by atoms with E-state index in [9.17, 15) is 14.0 Å². The number of amides is 2. The summed E-state index contributed by atoms with van der Waals surface area (Å²) >= 11 is 5.98. The number of benzene rings is 2. The van der Waals surface area contributed by atoms with E-state index in [0.29, 0.717) is 35.7 Å². The molecular weight excluding hydrogens is 405 g/mol. The maximum absolute atomic E-state index is 14.5. The summed E-state index contributed by atoms with van der Waals surface area (Å²) in [6, 6.07) is 15.3. The zero-order valence-corrected chi connectivity index (χ0v) is 16.9. The average Bonchev–Trinajstić information content (AvgIpc) is 3.34. The Morgan fingerprint density at radius 2 is 1.93 bits per heavy atom. The summed E-state index contributed by atoms with van der Waals surface area (Å²) in [5.41, 5.74) is 3.65. The summed E-state index contributed by atoms with van der Waals surface area (Å²) in [5.74, 6) is -0.692. The van der Waals surface area contributed by atoms with Crippen molar-refractivity contribution in [2.45, 2.75) is 25.3 Å². The first kappa shape index (κ1) is 20.2. The van der Waals surface area contributed by atoms with Gasteiger partial charge in [-0.3, -0.25) is 9.59 Å². The first-order chi connectivity index (χ1) is 14.5. The number of aromatic nitrogens is 1. The van der Waals surface area contributed by atoms with Crippen LogP contribution in [0.1, 0.15) is 18.4 Å². The van der Waals surface area contributed by atoms with Gasteiger partial charge in [0.15, 0.2) is 0 Å². The molecule has 3 aromatic rings. The molecule has 0 bridgehead atoms. The van der Waals surface area contributed by atoms with Crippen molar-refractivity contribution in [1.29, 1.82) is 0 Å². The standard InChI is InChI=1S/C23H21ClFN3O2/c24-16-8-5-14(6-9-16)20-13-15(22(28-20)17-3-1-2-4-18(17)25)7-10-21(29)27-19-11-12-26-23(19)30/h1-6,8-9,13,19,28H,7,10-12H2,(H,26,30)(H,27,29). The number of H-pyrrole nitrogens is 1. The van der Waals surface area contributed by atoms with Gasteiger partial charge in [0.25, 0.3) is 0 Å². The number of carbonyl (C=O) groups is 2. The highest BCUT2D eigenvalue weighted by molar-refractivity contribution is 6.30. The van der Waals surface area contributed by atoms with Crippen LogP contribution in [0, 0.1) is 5.82 Å². The molecule has 1 aliphatic rings. The van der Waals surface area contributed by atoms with Crippen LogP contribution in [0.2, 0.25) is 5.02 Å². The number of rotatable bonds is 6. The Morgan fingerprint density at radius 3 is 2.63 bits per heavy atom. The van der Waals surface area contributed by atoms with Crippen molar-refractivity contribution in [1.82, 2.24) is 15.6 Å². The van der Waals surface area contributed by atoms with Gasteiger partial charge < -0.3 is 15.6 Å². The van der Waals surface area contributed by atoms with Crippen LogP contribution in [-0.2, 0) is 16.0 Å². The maximum Gasteiger partial charge on any atom is 0.242 e. The fourth-order valence-corrected chi connectivity index (χ4v) is 3.76. The Hall–Kier alpha value is -3.12. The lowest BCUT2D eigenvalue weighted by Gasteiger charge is -2.10. The minimum Gasteiger partial charge on any atom is -0.354 e. The number of hydrogen-bond donors (Lipinski definition) is 3. The smallest absolute Gasteiger partial charge is 0.242 e. The quantitative estimate of drug-likeness (QED) is 0.556. The van der Waals surface area contributed by atoms with Crippen LogP contribution in [-0.4, -0.2) is 29.4 Å². The normalized spacial score (nSPS) is 15.8. The largest absolute Gasteiger partial charge is 0.354 e. The molecule has 1 saturated heterocycles. The Labute approximate surface area is 178 Å². The summed E-state index contributed by atoms with van der Waals surface area (Å²) in [6.07, 6.45) is 1.20. The first-order valence-electron chi connectivity index (χ1n) is 9.81. The fraction of sp³-hybridized carbons (Fsp3) is 0.217. The van der Waals surface area contributed by atoms with Gasteiger partial charge in [0, 0.05) is 29.2 Å². The van der Waals surface area contributed by atoms with E-state index in [-0.39, 0.29) is 24.1 Å². The third kappa shape index (κ3) is 4.39. The van der Waals surface area contributed by atoms with Crippen molar-refractivity contribution >= 4 is 23.4 Å². The monoisotopic (exact) mass is 425 g/mol. The fourth-order valence-electron chi connectivity index (χ4n) is 3.63. The molecule has 1 aromatic heterocycles. The van der Waals surface area contributed by atoms with E-state index in [1.165, 1.54) is 6.07 Å². The van der Waals surface area contributed by atoms with Crippen molar-refractivity contribution in [3.05, 3.63) is 71.0 Å². The van der Waals surface area contributed by atoms with Crippen molar-refractivity contribution in [2.75, 3.05) is 6.54 Å². The van der Waals surface area contributed by atoms with Crippen LogP contribution in [0.15, 0.2) is 54.6 Å². The Balaban J connectivity index is 1.58. The van der Waals surface area contributed by atoms with Crippen molar-refractivity contribution < 1.29 is 14.0 Å². The van der Waals surface area contributed by atoms with Crippen LogP contribution in [0.5, 0.6) is 0 Å². The van der Waals surface area contributed by atoms with E-state index >= 15 is 0 Å². The van der Waals surface area contributed by atoms with Gasteiger partial charge in [0.1, 0.15) is 11.9 Å². The second-order valence-electron chi connectivity index (χ2n) is 7.27. The molecule has 1 aliphatic heterocycles. The lowest BCUT2D eigenvalue weighted by atomic mass is 10.0. The van der Waals surface area contributed by atoms with Crippen molar-refractivity contribution in [3.63, 3.8) is 0 Å². The number of halogens is 2. The first-order valence-corrected chi connectivity index (χ1v) is 10.2. The van der Waals surface area contributed by atoms with Gasteiger partial charge in [-0.1, -0.05) is 35.9 Å². The highest BCUT2D eigenvalue weighted by Gasteiger charge is 2.25. The molecule has 5 nitrogen and oxygen atoms in total. The van der Waals surface area contributed by atoms with E-state index < -0.39 is 6.04 Å². The van der Waals surface area contributed by atoms with Gasteiger partial charge >= 0.3 is 0 Å². The summed E-state index contributed by atoms with van der Waals surface area (Å²) in [7, 11) is 0. The zero-order chi connectivity index (χ0) is 21.1. The lowest BCUT2D eigenvalue weighted by Crippen LogP contribution is -2.40. The molecule has 7 heteroatoms. The number of hydrogen-bond acceptors (Lipinski definition) is 2. The van der Waals surface area contributed by atoms with Crippen LogP contribution >= 0.6 is 11.6 Å². The number of nitrogens with one attached hydrogen (secondary N) is 3. The summed E-state index contributed by atoms with van der Waals surface area (Å²) < 4.78 is 14.5. The lowest BCUT2D eigenvalue weighted by molar-refractivity contribution is -0.127. The molecule has 0 saturated carbocycles.